The zero-order chi connectivity index (χ0) is 11.4. The lowest BCUT2D eigenvalue weighted by Crippen LogP contribution is -2.23. The maximum absolute atomic E-state index is 9.61. The summed E-state index contributed by atoms with van der Waals surface area (Å²) in [6, 6.07) is 6.05. The molecule has 0 spiro atoms. The van der Waals surface area contributed by atoms with Crippen LogP contribution in [0, 0.1) is 19.8 Å². The second-order valence-corrected chi connectivity index (χ2v) is 4.39. The Morgan fingerprint density at radius 1 is 1.27 bits per heavy atom. The number of hydrogen-bond acceptors (Lipinski definition) is 2. The standard InChI is InChI=1S/C13H20O2/c1-9(2)12(14)8-15-13-6-5-10(3)7-11(13)4/h5-7,9,12,14H,8H2,1-4H3. The minimum atomic E-state index is -0.397. The number of benzene rings is 1. The highest BCUT2D eigenvalue weighted by Crippen LogP contribution is 2.19. The quantitative estimate of drug-likeness (QED) is 0.824. The second-order valence-electron chi connectivity index (χ2n) is 4.39. The smallest absolute Gasteiger partial charge is 0.122 e. The van der Waals surface area contributed by atoms with Crippen molar-refractivity contribution >= 4 is 0 Å². The van der Waals surface area contributed by atoms with Gasteiger partial charge in [-0.05, 0) is 31.4 Å². The van der Waals surface area contributed by atoms with E-state index in [0.29, 0.717) is 6.61 Å². The Labute approximate surface area is 91.9 Å². The van der Waals surface area contributed by atoms with Crippen LogP contribution in [0.15, 0.2) is 18.2 Å². The van der Waals surface area contributed by atoms with E-state index in [1.807, 2.05) is 32.9 Å². The Balaban J connectivity index is 2.58. The molecule has 84 valence electrons. The van der Waals surface area contributed by atoms with Crippen molar-refractivity contribution in [1.29, 1.82) is 0 Å². The third-order valence-electron chi connectivity index (χ3n) is 2.51. The largest absolute Gasteiger partial charge is 0.491 e. The van der Waals surface area contributed by atoms with Crippen LogP contribution in [0.4, 0.5) is 0 Å². The van der Waals surface area contributed by atoms with Gasteiger partial charge >= 0.3 is 0 Å². The van der Waals surface area contributed by atoms with E-state index in [0.717, 1.165) is 11.3 Å². The molecular weight excluding hydrogens is 188 g/mol. The van der Waals surface area contributed by atoms with E-state index >= 15 is 0 Å². The lowest BCUT2D eigenvalue weighted by Gasteiger charge is -2.16. The summed E-state index contributed by atoms with van der Waals surface area (Å²) in [6.45, 7) is 8.40. The van der Waals surface area contributed by atoms with Crippen molar-refractivity contribution in [2.75, 3.05) is 6.61 Å². The van der Waals surface area contributed by atoms with Crippen LogP contribution in [-0.4, -0.2) is 17.8 Å². The molecule has 1 aromatic carbocycles. The van der Waals surface area contributed by atoms with Gasteiger partial charge in [0.1, 0.15) is 12.4 Å². The summed E-state index contributed by atoms with van der Waals surface area (Å²) >= 11 is 0. The molecule has 15 heavy (non-hydrogen) atoms. The zero-order valence-electron chi connectivity index (χ0n) is 9.95. The normalized spacial score (nSPS) is 12.9. The number of aliphatic hydroxyl groups excluding tert-OH is 1. The van der Waals surface area contributed by atoms with Crippen molar-refractivity contribution in [2.45, 2.75) is 33.8 Å². The minimum absolute atomic E-state index is 0.232. The van der Waals surface area contributed by atoms with E-state index < -0.39 is 6.10 Å². The molecule has 1 atom stereocenters. The number of aliphatic hydroxyl groups is 1. The molecule has 0 aliphatic heterocycles. The molecule has 0 amide bonds. The van der Waals surface area contributed by atoms with Crippen molar-refractivity contribution in [3.8, 4) is 5.75 Å². The van der Waals surface area contributed by atoms with Gasteiger partial charge in [0.15, 0.2) is 0 Å². The van der Waals surface area contributed by atoms with Crippen LogP contribution in [-0.2, 0) is 0 Å². The summed E-state index contributed by atoms with van der Waals surface area (Å²) in [6.07, 6.45) is -0.397. The average Bonchev–Trinajstić information content (AvgIpc) is 2.15. The van der Waals surface area contributed by atoms with Crippen molar-refractivity contribution in [2.24, 2.45) is 5.92 Å². The number of rotatable bonds is 4. The molecule has 0 aromatic heterocycles. The summed E-state index contributed by atoms with van der Waals surface area (Å²) in [7, 11) is 0. The van der Waals surface area contributed by atoms with Crippen LogP contribution >= 0.6 is 0 Å². The molecule has 0 radical (unpaired) electrons. The highest BCUT2D eigenvalue weighted by molar-refractivity contribution is 5.35. The Kier molecular flexibility index (Phi) is 4.15. The summed E-state index contributed by atoms with van der Waals surface area (Å²) in [5.41, 5.74) is 2.34. The molecule has 0 bridgehead atoms. The SMILES string of the molecule is Cc1ccc(OCC(O)C(C)C)c(C)c1. The van der Waals surface area contributed by atoms with E-state index in [1.54, 1.807) is 0 Å². The molecule has 0 aliphatic carbocycles. The molecule has 0 aliphatic rings. The van der Waals surface area contributed by atoms with Crippen LogP contribution in [0.25, 0.3) is 0 Å². The molecule has 1 aromatic rings. The predicted octanol–water partition coefficient (Wildman–Crippen LogP) is 2.70. The predicted molar refractivity (Wildman–Crippen MR) is 62.3 cm³/mol. The lowest BCUT2D eigenvalue weighted by atomic mass is 10.1. The highest BCUT2D eigenvalue weighted by atomic mass is 16.5. The van der Waals surface area contributed by atoms with E-state index in [-0.39, 0.29) is 5.92 Å². The highest BCUT2D eigenvalue weighted by Gasteiger charge is 2.10. The Bertz CT molecular complexity index is 318. The van der Waals surface area contributed by atoms with Gasteiger partial charge in [0.2, 0.25) is 0 Å². The fraction of sp³-hybridized carbons (Fsp3) is 0.538. The molecule has 2 nitrogen and oxygen atoms in total. The fourth-order valence-corrected chi connectivity index (χ4v) is 1.33. The van der Waals surface area contributed by atoms with Crippen LogP contribution in [0.5, 0.6) is 5.75 Å². The molecule has 0 fully saturated rings. The molecule has 0 saturated heterocycles. The monoisotopic (exact) mass is 208 g/mol. The molecule has 1 N–H and O–H groups in total. The minimum Gasteiger partial charge on any atom is -0.491 e. The van der Waals surface area contributed by atoms with Gasteiger partial charge in [0, 0.05) is 0 Å². The molecular formula is C13H20O2. The van der Waals surface area contributed by atoms with Crippen LogP contribution in [0.1, 0.15) is 25.0 Å². The number of aryl methyl sites for hydroxylation is 2. The summed E-state index contributed by atoms with van der Waals surface area (Å²) in [5, 5.41) is 9.61. The van der Waals surface area contributed by atoms with Gasteiger partial charge in [-0.15, -0.1) is 0 Å². The summed E-state index contributed by atoms with van der Waals surface area (Å²) < 4.78 is 5.56. The maximum Gasteiger partial charge on any atom is 0.122 e. The van der Waals surface area contributed by atoms with Gasteiger partial charge in [-0.2, -0.15) is 0 Å². The Hall–Kier alpha value is -1.02. The van der Waals surface area contributed by atoms with E-state index in [2.05, 4.69) is 13.0 Å². The van der Waals surface area contributed by atoms with Gasteiger partial charge in [-0.3, -0.25) is 0 Å². The third kappa shape index (κ3) is 3.56. The lowest BCUT2D eigenvalue weighted by molar-refractivity contribution is 0.0698. The van der Waals surface area contributed by atoms with Crippen molar-refractivity contribution in [3.05, 3.63) is 29.3 Å². The molecule has 2 heteroatoms. The summed E-state index contributed by atoms with van der Waals surface area (Å²) in [5.74, 6) is 1.09. The summed E-state index contributed by atoms with van der Waals surface area (Å²) in [4.78, 5) is 0. The average molecular weight is 208 g/mol. The van der Waals surface area contributed by atoms with E-state index in [9.17, 15) is 5.11 Å². The van der Waals surface area contributed by atoms with Gasteiger partial charge in [0.25, 0.3) is 0 Å². The van der Waals surface area contributed by atoms with Crippen molar-refractivity contribution < 1.29 is 9.84 Å². The topological polar surface area (TPSA) is 29.5 Å². The van der Waals surface area contributed by atoms with Crippen molar-refractivity contribution in [3.63, 3.8) is 0 Å². The first-order valence-electron chi connectivity index (χ1n) is 5.39. The van der Waals surface area contributed by atoms with Crippen LogP contribution in [0.3, 0.4) is 0 Å². The van der Waals surface area contributed by atoms with Gasteiger partial charge in [0.05, 0.1) is 6.10 Å². The zero-order valence-corrected chi connectivity index (χ0v) is 9.95. The maximum atomic E-state index is 9.61. The third-order valence-corrected chi connectivity index (χ3v) is 2.51. The Morgan fingerprint density at radius 2 is 1.93 bits per heavy atom. The number of ether oxygens (including phenoxy) is 1. The van der Waals surface area contributed by atoms with Crippen molar-refractivity contribution in [1.82, 2.24) is 0 Å². The second kappa shape index (κ2) is 5.17. The van der Waals surface area contributed by atoms with Crippen LogP contribution in [0.2, 0.25) is 0 Å². The molecule has 0 heterocycles. The van der Waals surface area contributed by atoms with Gasteiger partial charge in [-0.25, -0.2) is 0 Å². The van der Waals surface area contributed by atoms with E-state index in [4.69, 9.17) is 4.74 Å². The van der Waals surface area contributed by atoms with Gasteiger partial charge < -0.3 is 9.84 Å². The molecule has 0 saturated carbocycles. The first-order valence-corrected chi connectivity index (χ1v) is 5.39. The molecule has 1 unspecified atom stereocenters. The number of hydrogen-bond donors (Lipinski definition) is 1. The van der Waals surface area contributed by atoms with Crippen LogP contribution < -0.4 is 4.74 Å². The molecule has 1 rings (SSSR count). The van der Waals surface area contributed by atoms with Gasteiger partial charge in [-0.1, -0.05) is 31.5 Å². The first kappa shape index (κ1) is 12.1. The first-order chi connectivity index (χ1) is 7.00. The van der Waals surface area contributed by atoms with E-state index in [1.165, 1.54) is 5.56 Å². The fourth-order valence-electron chi connectivity index (χ4n) is 1.33. The Morgan fingerprint density at radius 3 is 2.47 bits per heavy atom.